The van der Waals surface area contributed by atoms with E-state index in [-0.39, 0.29) is 17.5 Å². The molecule has 1 N–H and O–H groups in total. The number of halogens is 3. The Morgan fingerprint density at radius 3 is 2.62 bits per heavy atom. The molecule has 1 aliphatic carbocycles. The third kappa shape index (κ3) is 4.66. The molecular formula is C14H21F3N2OS. The van der Waals surface area contributed by atoms with Crippen LogP contribution >= 0.6 is 11.3 Å². The monoisotopic (exact) mass is 322 g/mol. The van der Waals surface area contributed by atoms with Crippen molar-refractivity contribution in [2.24, 2.45) is 0 Å². The van der Waals surface area contributed by atoms with Crippen molar-refractivity contribution in [2.45, 2.75) is 64.4 Å². The average Bonchev–Trinajstić information content (AvgIpc) is 3.13. The van der Waals surface area contributed by atoms with Crippen molar-refractivity contribution in [3.63, 3.8) is 0 Å². The number of hydrogen-bond acceptors (Lipinski definition) is 4. The fourth-order valence-electron chi connectivity index (χ4n) is 2.11. The van der Waals surface area contributed by atoms with Gasteiger partial charge in [0.2, 0.25) is 0 Å². The molecule has 3 nitrogen and oxygen atoms in total. The molecule has 1 fully saturated rings. The van der Waals surface area contributed by atoms with Crippen LogP contribution in [0.4, 0.5) is 13.2 Å². The van der Waals surface area contributed by atoms with Gasteiger partial charge in [0, 0.05) is 19.2 Å². The minimum absolute atomic E-state index is 0.238. The van der Waals surface area contributed by atoms with Gasteiger partial charge in [0.15, 0.2) is 5.69 Å². The summed E-state index contributed by atoms with van der Waals surface area (Å²) in [7, 11) is 0. The van der Waals surface area contributed by atoms with Crippen LogP contribution in [0.15, 0.2) is 0 Å². The first-order valence-electron chi connectivity index (χ1n) is 7.37. The molecule has 1 saturated carbocycles. The highest BCUT2D eigenvalue weighted by Crippen LogP contribution is 2.38. The Morgan fingerprint density at radius 2 is 2.10 bits per heavy atom. The van der Waals surface area contributed by atoms with Gasteiger partial charge in [-0.15, -0.1) is 11.3 Å². The fraction of sp³-hybridized carbons (Fsp3) is 0.786. The van der Waals surface area contributed by atoms with Gasteiger partial charge in [-0.25, -0.2) is 4.98 Å². The smallest absolute Gasteiger partial charge is 0.371 e. The Hall–Kier alpha value is -0.660. The number of ether oxygens (including phenoxy) is 1. The summed E-state index contributed by atoms with van der Waals surface area (Å²) in [6, 6.07) is 0.370. The Bertz CT molecular complexity index is 452. The van der Waals surface area contributed by atoms with Crippen molar-refractivity contribution in [1.29, 1.82) is 0 Å². The Labute approximate surface area is 126 Å². The lowest BCUT2D eigenvalue weighted by Crippen LogP contribution is -2.18. The lowest BCUT2D eigenvalue weighted by Gasteiger charge is -2.12. The number of alkyl halides is 3. The predicted molar refractivity (Wildman–Crippen MR) is 76.3 cm³/mol. The molecule has 1 aromatic heterocycles. The molecule has 1 heterocycles. The quantitative estimate of drug-likeness (QED) is 0.775. The van der Waals surface area contributed by atoms with E-state index in [2.05, 4.69) is 10.3 Å². The molecule has 1 aromatic rings. The van der Waals surface area contributed by atoms with E-state index in [0.29, 0.717) is 24.1 Å². The van der Waals surface area contributed by atoms with E-state index in [0.717, 1.165) is 30.6 Å². The van der Waals surface area contributed by atoms with Crippen LogP contribution in [0.25, 0.3) is 0 Å². The maximum Gasteiger partial charge on any atom is 0.434 e. The number of aromatic nitrogens is 1. The van der Waals surface area contributed by atoms with E-state index in [1.54, 1.807) is 0 Å². The van der Waals surface area contributed by atoms with Gasteiger partial charge in [-0.05, 0) is 26.2 Å². The summed E-state index contributed by atoms with van der Waals surface area (Å²) in [5.41, 5.74) is -0.753. The first-order chi connectivity index (χ1) is 9.95. The van der Waals surface area contributed by atoms with Gasteiger partial charge < -0.3 is 10.1 Å². The molecule has 0 aromatic carbocycles. The number of rotatable bonds is 8. The highest BCUT2D eigenvalue weighted by Gasteiger charge is 2.38. The lowest BCUT2D eigenvalue weighted by molar-refractivity contribution is -0.141. The Balaban J connectivity index is 2.20. The molecule has 7 heteroatoms. The van der Waals surface area contributed by atoms with E-state index in [9.17, 15) is 13.2 Å². The average molecular weight is 322 g/mol. The molecule has 21 heavy (non-hydrogen) atoms. The highest BCUT2D eigenvalue weighted by molar-refractivity contribution is 7.11. The van der Waals surface area contributed by atoms with Crippen molar-refractivity contribution in [3.8, 4) is 0 Å². The van der Waals surface area contributed by atoms with Crippen molar-refractivity contribution in [1.82, 2.24) is 10.3 Å². The fourth-order valence-corrected chi connectivity index (χ4v) is 3.24. The molecule has 0 aliphatic heterocycles. The van der Waals surface area contributed by atoms with Crippen LogP contribution in [0.1, 0.15) is 61.2 Å². The van der Waals surface area contributed by atoms with Crippen LogP contribution in [0, 0.1) is 0 Å². The standard InChI is InChI=1S/C14H21F3N2OS/c1-3-5-10(20-4-2)13-19-12(14(15,16)17)11(21-13)8-18-9-6-7-9/h9-10,18H,3-8H2,1-2H3. The lowest BCUT2D eigenvalue weighted by atomic mass is 10.2. The second-order valence-corrected chi connectivity index (χ2v) is 6.32. The van der Waals surface area contributed by atoms with Gasteiger partial charge in [-0.1, -0.05) is 13.3 Å². The molecular weight excluding hydrogens is 301 g/mol. The van der Waals surface area contributed by atoms with Gasteiger partial charge in [-0.2, -0.15) is 13.2 Å². The zero-order valence-corrected chi connectivity index (χ0v) is 13.1. The normalized spacial score (nSPS) is 17.2. The maximum atomic E-state index is 13.1. The molecule has 0 amide bonds. The van der Waals surface area contributed by atoms with Crippen molar-refractivity contribution >= 4 is 11.3 Å². The Kier molecular flexibility index (Phi) is 5.62. The van der Waals surface area contributed by atoms with E-state index >= 15 is 0 Å². The summed E-state index contributed by atoms with van der Waals surface area (Å²) in [6.07, 6.45) is -1.11. The first-order valence-corrected chi connectivity index (χ1v) is 8.19. The second-order valence-electron chi connectivity index (χ2n) is 5.21. The summed E-state index contributed by atoms with van der Waals surface area (Å²) in [5.74, 6) is 0. The molecule has 0 saturated heterocycles. The zero-order valence-electron chi connectivity index (χ0n) is 12.3. The number of nitrogens with one attached hydrogen (secondary N) is 1. The van der Waals surface area contributed by atoms with Crippen molar-refractivity contribution in [2.75, 3.05) is 6.61 Å². The van der Waals surface area contributed by atoms with E-state index in [4.69, 9.17) is 4.74 Å². The second kappa shape index (κ2) is 7.07. The van der Waals surface area contributed by atoms with Crippen LogP contribution in [0.2, 0.25) is 0 Å². The SMILES string of the molecule is CCCC(OCC)c1nc(C(F)(F)F)c(CNC2CC2)s1. The van der Waals surface area contributed by atoms with Gasteiger partial charge in [0.1, 0.15) is 11.1 Å². The van der Waals surface area contributed by atoms with Crippen LogP contribution in [0.5, 0.6) is 0 Å². The van der Waals surface area contributed by atoms with Crippen LogP contribution in [-0.4, -0.2) is 17.6 Å². The number of hydrogen-bond donors (Lipinski definition) is 1. The van der Waals surface area contributed by atoms with Crippen molar-refractivity contribution in [3.05, 3.63) is 15.6 Å². The van der Waals surface area contributed by atoms with Gasteiger partial charge in [0.05, 0.1) is 4.88 Å². The van der Waals surface area contributed by atoms with Crippen LogP contribution < -0.4 is 5.32 Å². The molecule has 0 spiro atoms. The first kappa shape index (κ1) is 16.7. The predicted octanol–water partition coefficient (Wildman–Crippen LogP) is 4.29. The van der Waals surface area contributed by atoms with Gasteiger partial charge in [-0.3, -0.25) is 0 Å². The van der Waals surface area contributed by atoms with Crippen molar-refractivity contribution < 1.29 is 17.9 Å². The molecule has 1 unspecified atom stereocenters. The zero-order chi connectivity index (χ0) is 15.5. The van der Waals surface area contributed by atoms with E-state index in [1.165, 1.54) is 0 Å². The summed E-state index contributed by atoms with van der Waals surface area (Å²) < 4.78 is 44.9. The minimum atomic E-state index is -4.40. The molecule has 1 atom stereocenters. The van der Waals surface area contributed by atoms with Crippen LogP contribution in [-0.2, 0) is 17.5 Å². The van der Waals surface area contributed by atoms with Gasteiger partial charge in [0.25, 0.3) is 0 Å². The van der Waals surface area contributed by atoms with Gasteiger partial charge >= 0.3 is 6.18 Å². The molecule has 120 valence electrons. The third-order valence-electron chi connectivity index (χ3n) is 3.31. The summed E-state index contributed by atoms with van der Waals surface area (Å²) in [5, 5.41) is 3.57. The largest absolute Gasteiger partial charge is 0.434 e. The molecule has 2 rings (SSSR count). The highest BCUT2D eigenvalue weighted by atomic mass is 32.1. The molecule has 0 bridgehead atoms. The number of thiazole rings is 1. The summed E-state index contributed by atoms with van der Waals surface area (Å²) in [6.45, 7) is 4.54. The Morgan fingerprint density at radius 1 is 1.38 bits per heavy atom. The maximum absolute atomic E-state index is 13.1. The summed E-state index contributed by atoms with van der Waals surface area (Å²) >= 11 is 1.13. The van der Waals surface area contributed by atoms with E-state index in [1.807, 2.05) is 13.8 Å². The third-order valence-corrected chi connectivity index (χ3v) is 4.45. The summed E-state index contributed by atoms with van der Waals surface area (Å²) in [4.78, 5) is 4.11. The van der Waals surface area contributed by atoms with Crippen LogP contribution in [0.3, 0.4) is 0 Å². The number of nitrogens with zero attached hydrogens (tertiary/aromatic N) is 1. The van der Waals surface area contributed by atoms with E-state index < -0.39 is 11.9 Å². The topological polar surface area (TPSA) is 34.1 Å². The minimum Gasteiger partial charge on any atom is -0.371 e. The molecule has 0 radical (unpaired) electrons. The molecule has 1 aliphatic rings.